The van der Waals surface area contributed by atoms with Crippen LogP contribution in [0.3, 0.4) is 0 Å². The van der Waals surface area contributed by atoms with Gasteiger partial charge in [-0.2, -0.15) is 0 Å². The number of rotatable bonds is 21. The molecular formula is C44H58F2. The van der Waals surface area contributed by atoms with Crippen molar-refractivity contribution in [3.8, 4) is 22.3 Å². The average molecular weight is 625 g/mol. The van der Waals surface area contributed by atoms with Crippen molar-refractivity contribution >= 4 is 5.57 Å². The van der Waals surface area contributed by atoms with Crippen molar-refractivity contribution < 1.29 is 8.78 Å². The molecule has 0 heterocycles. The van der Waals surface area contributed by atoms with Crippen molar-refractivity contribution in [1.82, 2.24) is 0 Å². The molecular weight excluding hydrogens is 566 g/mol. The quantitative estimate of drug-likeness (QED) is 0.103. The molecule has 1 aliphatic rings. The van der Waals surface area contributed by atoms with Gasteiger partial charge >= 0.3 is 0 Å². The monoisotopic (exact) mass is 624 g/mol. The Hall–Kier alpha value is -3.00. The van der Waals surface area contributed by atoms with Gasteiger partial charge < -0.3 is 0 Å². The van der Waals surface area contributed by atoms with E-state index in [1.165, 1.54) is 116 Å². The Morgan fingerprint density at radius 2 is 0.957 bits per heavy atom. The highest BCUT2D eigenvalue weighted by atomic mass is 19.2. The molecule has 0 N–H and O–H groups in total. The molecule has 2 heteroatoms. The van der Waals surface area contributed by atoms with Crippen molar-refractivity contribution in [3.05, 3.63) is 102 Å². The van der Waals surface area contributed by atoms with Crippen molar-refractivity contribution in [1.29, 1.82) is 0 Å². The Labute approximate surface area is 279 Å². The molecule has 0 saturated heterocycles. The highest BCUT2D eigenvalue weighted by molar-refractivity contribution is 5.78. The van der Waals surface area contributed by atoms with Crippen LogP contribution >= 0.6 is 0 Å². The average Bonchev–Trinajstić information content (AvgIpc) is 3.09. The summed E-state index contributed by atoms with van der Waals surface area (Å²) in [7, 11) is 0. The van der Waals surface area contributed by atoms with E-state index in [4.69, 9.17) is 0 Å². The Morgan fingerprint density at radius 3 is 1.48 bits per heavy atom. The van der Waals surface area contributed by atoms with E-state index in [0.717, 1.165) is 23.1 Å². The second-order valence-electron chi connectivity index (χ2n) is 13.7. The number of hydrogen-bond acceptors (Lipinski definition) is 0. The Bertz CT molecular complexity index is 1350. The van der Waals surface area contributed by atoms with Crippen LogP contribution in [0.5, 0.6) is 0 Å². The predicted octanol–water partition coefficient (Wildman–Crippen LogP) is 14.7. The van der Waals surface area contributed by atoms with Crippen LogP contribution < -0.4 is 0 Å². The van der Waals surface area contributed by atoms with Crippen LogP contribution in [0.2, 0.25) is 0 Å². The summed E-state index contributed by atoms with van der Waals surface area (Å²) in [5, 5.41) is 0. The van der Waals surface area contributed by atoms with Crippen LogP contribution in [0.15, 0.2) is 85.0 Å². The molecule has 0 bridgehead atoms. The maximum Gasteiger partial charge on any atom is 0.167 e. The number of allylic oxidation sites excluding steroid dienone is 4. The molecule has 0 radical (unpaired) electrons. The maximum absolute atomic E-state index is 15.6. The van der Waals surface area contributed by atoms with E-state index < -0.39 is 11.6 Å². The molecule has 0 nitrogen and oxygen atoms in total. The molecule has 46 heavy (non-hydrogen) atoms. The number of benzene rings is 3. The summed E-state index contributed by atoms with van der Waals surface area (Å²) >= 11 is 0. The molecule has 3 aromatic carbocycles. The molecule has 1 aliphatic carbocycles. The molecule has 0 fully saturated rings. The number of halogens is 2. The fraction of sp³-hybridized carbons (Fsp3) is 0.500. The molecule has 0 spiro atoms. The summed E-state index contributed by atoms with van der Waals surface area (Å²) in [6.07, 6.45) is 31.2. The lowest BCUT2D eigenvalue weighted by molar-refractivity contribution is 0.297. The third-order valence-corrected chi connectivity index (χ3v) is 10.1. The maximum atomic E-state index is 15.6. The van der Waals surface area contributed by atoms with E-state index in [2.05, 4.69) is 44.2 Å². The summed E-state index contributed by atoms with van der Waals surface area (Å²) in [6.45, 7) is 4.55. The van der Waals surface area contributed by atoms with E-state index in [0.29, 0.717) is 16.7 Å². The first-order valence-corrected chi connectivity index (χ1v) is 18.6. The Kier molecular flexibility index (Phi) is 15.3. The molecule has 0 aliphatic heterocycles. The largest absolute Gasteiger partial charge is 0.203 e. The molecule has 1 atom stereocenters. The van der Waals surface area contributed by atoms with Gasteiger partial charge in [-0.15, -0.1) is 0 Å². The first kappa shape index (κ1) is 35.8. The second-order valence-corrected chi connectivity index (χ2v) is 13.7. The van der Waals surface area contributed by atoms with Gasteiger partial charge in [0.25, 0.3) is 0 Å². The normalized spacial score (nSPS) is 16.1. The fourth-order valence-electron chi connectivity index (χ4n) is 7.10. The molecule has 248 valence electrons. The number of hydrogen-bond donors (Lipinski definition) is 0. The van der Waals surface area contributed by atoms with E-state index in [-0.39, 0.29) is 5.41 Å². The highest BCUT2D eigenvalue weighted by Gasteiger charge is 2.28. The van der Waals surface area contributed by atoms with Crippen LogP contribution in [0, 0.1) is 17.0 Å². The molecule has 0 aromatic heterocycles. The smallest absolute Gasteiger partial charge is 0.167 e. The van der Waals surface area contributed by atoms with Gasteiger partial charge in [0.2, 0.25) is 0 Å². The van der Waals surface area contributed by atoms with Gasteiger partial charge in [0.15, 0.2) is 11.6 Å². The second kappa shape index (κ2) is 19.6. The minimum Gasteiger partial charge on any atom is -0.203 e. The topological polar surface area (TPSA) is 0 Å². The third-order valence-electron chi connectivity index (χ3n) is 10.1. The van der Waals surface area contributed by atoms with E-state index in [9.17, 15) is 0 Å². The first-order chi connectivity index (χ1) is 22.6. The first-order valence-electron chi connectivity index (χ1n) is 18.6. The zero-order valence-electron chi connectivity index (χ0n) is 28.8. The van der Waals surface area contributed by atoms with Crippen molar-refractivity contribution in [2.75, 3.05) is 0 Å². The summed E-state index contributed by atoms with van der Waals surface area (Å²) in [5.41, 5.74) is 4.47. The van der Waals surface area contributed by atoms with Gasteiger partial charge in [-0.05, 0) is 46.9 Å². The van der Waals surface area contributed by atoms with Crippen molar-refractivity contribution in [2.24, 2.45) is 5.41 Å². The number of unbranched alkanes of at least 4 members (excludes halogenated alkanes) is 14. The van der Waals surface area contributed by atoms with Gasteiger partial charge in [0.1, 0.15) is 0 Å². The summed E-state index contributed by atoms with van der Waals surface area (Å²) in [5.74, 6) is -1.52. The van der Waals surface area contributed by atoms with E-state index >= 15 is 8.78 Å². The molecule has 4 rings (SSSR count). The fourth-order valence-corrected chi connectivity index (χ4v) is 7.10. The lowest BCUT2D eigenvalue weighted by atomic mass is 9.72. The lowest BCUT2D eigenvalue weighted by Gasteiger charge is -2.33. The summed E-state index contributed by atoms with van der Waals surface area (Å²) < 4.78 is 31.1. The van der Waals surface area contributed by atoms with Crippen molar-refractivity contribution in [2.45, 2.75) is 136 Å². The van der Waals surface area contributed by atoms with Gasteiger partial charge in [0, 0.05) is 11.1 Å². The van der Waals surface area contributed by atoms with Gasteiger partial charge in [-0.25, -0.2) is 8.78 Å². The zero-order chi connectivity index (χ0) is 32.5. The van der Waals surface area contributed by atoms with Crippen molar-refractivity contribution in [3.63, 3.8) is 0 Å². The molecule has 0 amide bonds. The Morgan fingerprint density at radius 1 is 0.500 bits per heavy atom. The highest BCUT2D eigenvalue weighted by Crippen LogP contribution is 2.43. The van der Waals surface area contributed by atoms with Crippen LogP contribution in [-0.4, -0.2) is 0 Å². The Balaban J connectivity index is 1.37. The standard InChI is InChI=1S/C44H58F2/c1-3-5-7-9-11-12-13-14-16-21-33-44(32-20-15-10-8-6-4-2)34-30-39(31-35-44)41-29-28-40(42(45)43(41)46)38-26-24-37(25-27-38)36-22-18-17-19-23-36/h17-19,22-31,34H,3-16,20-21,32-33,35H2,1-2H3. The van der Waals surface area contributed by atoms with E-state index in [1.54, 1.807) is 12.1 Å². The summed E-state index contributed by atoms with van der Waals surface area (Å²) in [4.78, 5) is 0. The van der Waals surface area contributed by atoms with Crippen LogP contribution in [0.4, 0.5) is 8.78 Å². The van der Waals surface area contributed by atoms with E-state index in [1.807, 2.05) is 42.5 Å². The van der Waals surface area contributed by atoms with Crippen LogP contribution in [-0.2, 0) is 0 Å². The van der Waals surface area contributed by atoms with Crippen LogP contribution in [0.25, 0.3) is 27.8 Å². The zero-order valence-corrected chi connectivity index (χ0v) is 28.8. The van der Waals surface area contributed by atoms with Gasteiger partial charge in [-0.3, -0.25) is 0 Å². The van der Waals surface area contributed by atoms with Gasteiger partial charge in [0.05, 0.1) is 0 Å². The minimum absolute atomic E-state index is 0.143. The van der Waals surface area contributed by atoms with Crippen LogP contribution in [0.1, 0.15) is 141 Å². The molecule has 3 aromatic rings. The molecule has 0 saturated carbocycles. The summed E-state index contributed by atoms with van der Waals surface area (Å²) in [6, 6.07) is 21.3. The lowest BCUT2D eigenvalue weighted by Crippen LogP contribution is -2.20. The molecule has 1 unspecified atom stereocenters. The van der Waals surface area contributed by atoms with Gasteiger partial charge in [-0.1, -0.05) is 202 Å². The minimum atomic E-state index is -0.770. The predicted molar refractivity (Wildman–Crippen MR) is 196 cm³/mol. The third kappa shape index (κ3) is 10.8. The SMILES string of the molecule is CCCCCCCCCCCCC1(CCCCCCCC)C=CC(c2ccc(-c3ccc(-c4ccccc4)cc3)c(F)c2F)=CC1.